The average molecular weight is 411 g/mol. The van der Waals surface area contributed by atoms with Crippen molar-refractivity contribution in [2.75, 3.05) is 11.3 Å². The van der Waals surface area contributed by atoms with Crippen molar-refractivity contribution in [2.24, 2.45) is 0 Å². The summed E-state index contributed by atoms with van der Waals surface area (Å²) >= 11 is 0. The van der Waals surface area contributed by atoms with Crippen LogP contribution in [0, 0.1) is 0 Å². The van der Waals surface area contributed by atoms with Crippen LogP contribution in [0.4, 0.5) is 5.69 Å². The zero-order valence-corrected chi connectivity index (χ0v) is 17.2. The molecule has 5 rings (SSSR count). The van der Waals surface area contributed by atoms with E-state index in [1.807, 2.05) is 18.2 Å². The Balaban J connectivity index is 1.39. The van der Waals surface area contributed by atoms with E-state index in [2.05, 4.69) is 14.2 Å². The topological polar surface area (TPSA) is 67.2 Å². The molecular weight excluding hydrogens is 384 g/mol. The second-order valence-electron chi connectivity index (χ2n) is 8.06. The summed E-state index contributed by atoms with van der Waals surface area (Å²) in [5.41, 5.74) is 2.46. The fraction of sp³-hybridized carbons (Fsp3) is 0.409. The van der Waals surface area contributed by atoms with E-state index in [1.165, 1.54) is 32.1 Å². The summed E-state index contributed by atoms with van der Waals surface area (Å²) in [4.78, 5) is 7.69. The second kappa shape index (κ2) is 7.46. The number of fused-ring (bicyclic) bond motifs is 3. The van der Waals surface area contributed by atoms with Crippen molar-refractivity contribution in [3.8, 4) is 0 Å². The van der Waals surface area contributed by atoms with Crippen LogP contribution in [0.5, 0.6) is 0 Å². The van der Waals surface area contributed by atoms with Gasteiger partial charge in [0.15, 0.2) is 0 Å². The van der Waals surface area contributed by atoms with E-state index >= 15 is 0 Å². The minimum absolute atomic E-state index is 0.257. The molecule has 0 amide bonds. The zero-order valence-electron chi connectivity index (χ0n) is 16.4. The summed E-state index contributed by atoms with van der Waals surface area (Å²) in [6.07, 6.45) is 6.63. The standard InChI is InChI=1S/C22H26N4O2S/c27-29(28,19-9-5-2-6-10-19)24-17-11-12-21-20(15-17)23-22-16-25(13-14-26(21)22)18-7-3-1-4-8-18/h2,5-6,9-12,15,18,24H,1,3-4,7-8,13-14,16H2. The lowest BCUT2D eigenvalue weighted by molar-refractivity contribution is 0.122. The van der Waals surface area contributed by atoms with Crippen molar-refractivity contribution in [1.82, 2.24) is 14.5 Å². The first-order chi connectivity index (χ1) is 14.1. The Morgan fingerprint density at radius 1 is 0.966 bits per heavy atom. The molecule has 1 aromatic heterocycles. The molecule has 1 N–H and O–H groups in total. The molecule has 1 fully saturated rings. The number of nitrogens with zero attached hydrogens (tertiary/aromatic N) is 3. The summed E-state index contributed by atoms with van der Waals surface area (Å²) in [5.74, 6) is 1.08. The summed E-state index contributed by atoms with van der Waals surface area (Å²) in [6.45, 7) is 2.88. The van der Waals surface area contributed by atoms with Crippen LogP contribution < -0.4 is 4.72 Å². The predicted octanol–water partition coefficient (Wildman–Crippen LogP) is 3.99. The lowest BCUT2D eigenvalue weighted by Crippen LogP contribution is -2.42. The molecule has 0 radical (unpaired) electrons. The number of anilines is 1. The summed E-state index contributed by atoms with van der Waals surface area (Å²) in [7, 11) is -3.60. The van der Waals surface area contributed by atoms with E-state index in [1.54, 1.807) is 30.3 Å². The van der Waals surface area contributed by atoms with Gasteiger partial charge >= 0.3 is 0 Å². The van der Waals surface area contributed by atoms with Crippen LogP contribution in [-0.4, -0.2) is 35.5 Å². The van der Waals surface area contributed by atoms with Gasteiger partial charge in [0.25, 0.3) is 10.0 Å². The van der Waals surface area contributed by atoms with Crippen molar-refractivity contribution >= 4 is 26.7 Å². The maximum atomic E-state index is 12.6. The van der Waals surface area contributed by atoms with Crippen molar-refractivity contribution in [2.45, 2.75) is 56.1 Å². The molecule has 0 spiro atoms. The third-order valence-corrected chi connectivity index (χ3v) is 7.58. The SMILES string of the molecule is O=S(=O)(Nc1ccc2c(c1)nc1n2CCN(C2CCCCC2)C1)c1ccccc1. The van der Waals surface area contributed by atoms with E-state index in [-0.39, 0.29) is 4.90 Å². The number of hydrogen-bond donors (Lipinski definition) is 1. The molecule has 0 saturated heterocycles. The van der Waals surface area contributed by atoms with E-state index < -0.39 is 10.0 Å². The molecule has 0 atom stereocenters. The lowest BCUT2D eigenvalue weighted by atomic mass is 9.94. The third kappa shape index (κ3) is 3.65. The fourth-order valence-electron chi connectivity index (χ4n) is 4.67. The van der Waals surface area contributed by atoms with E-state index in [4.69, 9.17) is 4.98 Å². The molecule has 2 aliphatic rings. The van der Waals surface area contributed by atoms with Crippen LogP contribution in [0.25, 0.3) is 11.0 Å². The summed E-state index contributed by atoms with van der Waals surface area (Å²) in [5, 5.41) is 0. The lowest BCUT2D eigenvalue weighted by Gasteiger charge is -2.36. The Labute approximate surface area is 171 Å². The van der Waals surface area contributed by atoms with E-state index in [9.17, 15) is 8.42 Å². The first kappa shape index (κ1) is 18.6. The monoisotopic (exact) mass is 410 g/mol. The van der Waals surface area contributed by atoms with Crippen LogP contribution in [0.1, 0.15) is 37.9 Å². The summed E-state index contributed by atoms with van der Waals surface area (Å²) in [6, 6.07) is 14.8. The van der Waals surface area contributed by atoms with Crippen molar-refractivity contribution in [3.63, 3.8) is 0 Å². The van der Waals surface area contributed by atoms with Gasteiger partial charge in [-0.05, 0) is 43.2 Å². The van der Waals surface area contributed by atoms with Gasteiger partial charge in [-0.15, -0.1) is 0 Å². The first-order valence-corrected chi connectivity index (χ1v) is 11.9. The van der Waals surface area contributed by atoms with Crippen molar-refractivity contribution in [1.29, 1.82) is 0 Å². The van der Waals surface area contributed by atoms with Gasteiger partial charge in [-0.25, -0.2) is 13.4 Å². The van der Waals surface area contributed by atoms with Crippen LogP contribution in [0.15, 0.2) is 53.4 Å². The van der Waals surface area contributed by atoms with Crippen molar-refractivity contribution < 1.29 is 8.42 Å². The molecule has 1 aliphatic carbocycles. The van der Waals surface area contributed by atoms with Gasteiger partial charge in [-0.3, -0.25) is 9.62 Å². The number of sulfonamides is 1. The predicted molar refractivity (Wildman–Crippen MR) is 114 cm³/mol. The molecule has 7 heteroatoms. The van der Waals surface area contributed by atoms with E-state index in [0.29, 0.717) is 11.7 Å². The first-order valence-electron chi connectivity index (χ1n) is 10.4. The van der Waals surface area contributed by atoms with Crippen LogP contribution in [0.2, 0.25) is 0 Å². The Hall–Kier alpha value is -2.38. The maximum absolute atomic E-state index is 12.6. The number of benzene rings is 2. The van der Waals surface area contributed by atoms with Crippen molar-refractivity contribution in [3.05, 3.63) is 54.4 Å². The maximum Gasteiger partial charge on any atom is 0.261 e. The molecule has 0 bridgehead atoms. The number of nitrogens with one attached hydrogen (secondary N) is 1. The molecule has 152 valence electrons. The normalized spacial score (nSPS) is 18.6. The molecule has 1 saturated carbocycles. The summed E-state index contributed by atoms with van der Waals surface area (Å²) < 4.78 is 30.2. The molecule has 3 aromatic rings. The largest absolute Gasteiger partial charge is 0.326 e. The zero-order chi connectivity index (χ0) is 19.8. The number of rotatable bonds is 4. The molecule has 2 heterocycles. The highest BCUT2D eigenvalue weighted by atomic mass is 32.2. The Morgan fingerprint density at radius 2 is 1.76 bits per heavy atom. The Kier molecular flexibility index (Phi) is 4.80. The second-order valence-corrected chi connectivity index (χ2v) is 9.75. The number of hydrogen-bond acceptors (Lipinski definition) is 4. The number of imidazole rings is 1. The van der Waals surface area contributed by atoms with E-state index in [0.717, 1.165) is 36.5 Å². The van der Waals surface area contributed by atoms with Crippen LogP contribution in [-0.2, 0) is 23.1 Å². The third-order valence-electron chi connectivity index (χ3n) is 6.18. The number of aromatic nitrogens is 2. The smallest absolute Gasteiger partial charge is 0.261 e. The average Bonchev–Trinajstić information content (AvgIpc) is 3.11. The van der Waals surface area contributed by atoms with Gasteiger partial charge in [0.05, 0.1) is 28.2 Å². The minimum Gasteiger partial charge on any atom is -0.326 e. The van der Waals surface area contributed by atoms with Crippen LogP contribution in [0.3, 0.4) is 0 Å². The van der Waals surface area contributed by atoms with Gasteiger partial charge < -0.3 is 4.57 Å². The Bertz CT molecular complexity index is 1120. The molecule has 2 aromatic carbocycles. The highest BCUT2D eigenvalue weighted by Crippen LogP contribution is 2.29. The highest BCUT2D eigenvalue weighted by molar-refractivity contribution is 7.92. The highest BCUT2D eigenvalue weighted by Gasteiger charge is 2.27. The molecule has 1 aliphatic heterocycles. The Morgan fingerprint density at radius 3 is 2.55 bits per heavy atom. The fourth-order valence-corrected chi connectivity index (χ4v) is 5.74. The molecule has 29 heavy (non-hydrogen) atoms. The quantitative estimate of drug-likeness (QED) is 0.706. The molecule has 6 nitrogen and oxygen atoms in total. The molecule has 0 unspecified atom stereocenters. The van der Waals surface area contributed by atoms with Gasteiger partial charge in [0.1, 0.15) is 5.82 Å². The molecular formula is C22H26N4O2S. The van der Waals surface area contributed by atoms with Crippen LogP contribution >= 0.6 is 0 Å². The van der Waals surface area contributed by atoms with Gasteiger partial charge in [0, 0.05) is 19.1 Å². The van der Waals surface area contributed by atoms with Gasteiger partial charge in [0.2, 0.25) is 0 Å². The van der Waals surface area contributed by atoms with Gasteiger partial charge in [-0.1, -0.05) is 37.5 Å². The van der Waals surface area contributed by atoms with Gasteiger partial charge in [-0.2, -0.15) is 0 Å². The minimum atomic E-state index is -3.60.